The lowest BCUT2D eigenvalue weighted by atomic mass is 10.0. The Balaban J connectivity index is 2.43. The summed E-state index contributed by atoms with van der Waals surface area (Å²) in [7, 11) is 0. The SMILES string of the molecule is CCC(C)(C)Nc1cc2nc(C)sc2cc1N. The van der Waals surface area contributed by atoms with Crippen LogP contribution >= 0.6 is 11.3 Å². The number of benzene rings is 1. The van der Waals surface area contributed by atoms with Crippen LogP contribution in [0, 0.1) is 6.92 Å². The van der Waals surface area contributed by atoms with Gasteiger partial charge in [-0.3, -0.25) is 0 Å². The minimum atomic E-state index is 0.0485. The molecule has 3 N–H and O–H groups in total. The maximum absolute atomic E-state index is 6.07. The van der Waals surface area contributed by atoms with Gasteiger partial charge < -0.3 is 11.1 Å². The fourth-order valence-corrected chi connectivity index (χ4v) is 2.52. The van der Waals surface area contributed by atoms with Crippen molar-refractivity contribution in [3.05, 3.63) is 17.1 Å². The predicted molar refractivity (Wildman–Crippen MR) is 76.8 cm³/mol. The number of thiazole rings is 1. The third-order valence-electron chi connectivity index (χ3n) is 3.02. The molecule has 0 amide bonds. The maximum atomic E-state index is 6.07. The van der Waals surface area contributed by atoms with E-state index >= 15 is 0 Å². The molecule has 1 aromatic heterocycles. The molecule has 0 aliphatic carbocycles. The van der Waals surface area contributed by atoms with Gasteiger partial charge in [0.2, 0.25) is 0 Å². The van der Waals surface area contributed by atoms with Crippen LogP contribution in [0.4, 0.5) is 11.4 Å². The van der Waals surface area contributed by atoms with E-state index in [2.05, 4.69) is 31.1 Å². The normalized spacial score (nSPS) is 12.0. The molecule has 17 heavy (non-hydrogen) atoms. The van der Waals surface area contributed by atoms with Crippen molar-refractivity contribution >= 4 is 32.9 Å². The summed E-state index contributed by atoms with van der Waals surface area (Å²) < 4.78 is 1.15. The zero-order valence-electron chi connectivity index (χ0n) is 10.8. The monoisotopic (exact) mass is 249 g/mol. The van der Waals surface area contributed by atoms with Crippen molar-refractivity contribution < 1.29 is 0 Å². The summed E-state index contributed by atoms with van der Waals surface area (Å²) in [4.78, 5) is 4.49. The molecule has 1 heterocycles. The van der Waals surface area contributed by atoms with Crippen LogP contribution < -0.4 is 11.1 Å². The highest BCUT2D eigenvalue weighted by atomic mass is 32.1. The Hall–Kier alpha value is -1.29. The second-order valence-corrected chi connectivity index (χ2v) is 6.24. The molecule has 2 rings (SSSR count). The molecule has 0 spiro atoms. The zero-order valence-corrected chi connectivity index (χ0v) is 11.6. The van der Waals surface area contributed by atoms with E-state index in [-0.39, 0.29) is 5.54 Å². The number of nitrogens with one attached hydrogen (secondary N) is 1. The molecule has 2 aromatic rings. The van der Waals surface area contributed by atoms with E-state index in [0.29, 0.717) is 0 Å². The summed E-state index contributed by atoms with van der Waals surface area (Å²) >= 11 is 1.68. The Bertz CT molecular complexity index is 543. The number of hydrogen-bond donors (Lipinski definition) is 2. The van der Waals surface area contributed by atoms with E-state index in [1.807, 2.05) is 19.1 Å². The van der Waals surface area contributed by atoms with Crippen LogP contribution in [0.1, 0.15) is 32.2 Å². The number of rotatable bonds is 3. The Morgan fingerprint density at radius 3 is 2.76 bits per heavy atom. The van der Waals surface area contributed by atoms with Gasteiger partial charge in [-0.05, 0) is 39.3 Å². The molecule has 92 valence electrons. The van der Waals surface area contributed by atoms with E-state index in [1.165, 1.54) is 0 Å². The summed E-state index contributed by atoms with van der Waals surface area (Å²) in [5.41, 5.74) is 8.92. The van der Waals surface area contributed by atoms with Crippen LogP contribution in [0.25, 0.3) is 10.2 Å². The van der Waals surface area contributed by atoms with Crippen LogP contribution in [0.5, 0.6) is 0 Å². The smallest absolute Gasteiger partial charge is 0.0907 e. The Kier molecular flexibility index (Phi) is 3.00. The van der Waals surface area contributed by atoms with Crippen molar-refractivity contribution in [3.8, 4) is 0 Å². The lowest BCUT2D eigenvalue weighted by Crippen LogP contribution is -2.30. The topological polar surface area (TPSA) is 50.9 Å². The van der Waals surface area contributed by atoms with Gasteiger partial charge in [-0.15, -0.1) is 11.3 Å². The van der Waals surface area contributed by atoms with Crippen molar-refractivity contribution in [1.29, 1.82) is 0 Å². The average Bonchev–Trinajstić information content (AvgIpc) is 2.58. The molecular weight excluding hydrogens is 230 g/mol. The van der Waals surface area contributed by atoms with Crippen molar-refractivity contribution in [2.75, 3.05) is 11.1 Å². The largest absolute Gasteiger partial charge is 0.397 e. The maximum Gasteiger partial charge on any atom is 0.0907 e. The van der Waals surface area contributed by atoms with Crippen molar-refractivity contribution in [1.82, 2.24) is 4.98 Å². The third kappa shape index (κ3) is 2.52. The Morgan fingerprint density at radius 2 is 2.12 bits per heavy atom. The van der Waals surface area contributed by atoms with Gasteiger partial charge in [0.25, 0.3) is 0 Å². The van der Waals surface area contributed by atoms with Crippen LogP contribution in [0.2, 0.25) is 0 Å². The first-order valence-electron chi connectivity index (χ1n) is 5.86. The first-order valence-corrected chi connectivity index (χ1v) is 6.68. The number of nitrogens with zero attached hydrogens (tertiary/aromatic N) is 1. The Morgan fingerprint density at radius 1 is 1.41 bits per heavy atom. The van der Waals surface area contributed by atoms with Crippen molar-refractivity contribution in [3.63, 3.8) is 0 Å². The molecule has 0 fully saturated rings. The number of anilines is 2. The highest BCUT2D eigenvalue weighted by Gasteiger charge is 2.16. The number of fused-ring (bicyclic) bond motifs is 1. The molecule has 0 atom stereocenters. The number of aryl methyl sites for hydroxylation is 1. The molecule has 1 aromatic carbocycles. The van der Waals surface area contributed by atoms with E-state index in [9.17, 15) is 0 Å². The van der Waals surface area contributed by atoms with Gasteiger partial charge in [0.05, 0.1) is 26.6 Å². The summed E-state index contributed by atoms with van der Waals surface area (Å²) in [5, 5.41) is 4.55. The quantitative estimate of drug-likeness (QED) is 0.814. The van der Waals surface area contributed by atoms with Crippen LogP contribution in [0.15, 0.2) is 12.1 Å². The number of nitrogens with two attached hydrogens (primary N) is 1. The lowest BCUT2D eigenvalue weighted by Gasteiger charge is -2.26. The molecular formula is C13H19N3S. The third-order valence-corrected chi connectivity index (χ3v) is 3.96. The summed E-state index contributed by atoms with van der Waals surface area (Å²) in [6, 6.07) is 4.06. The Labute approximate surface area is 106 Å². The van der Waals surface area contributed by atoms with E-state index < -0.39 is 0 Å². The molecule has 0 radical (unpaired) electrons. The second kappa shape index (κ2) is 4.18. The first kappa shape index (κ1) is 12.2. The summed E-state index contributed by atoms with van der Waals surface area (Å²) in [6.07, 6.45) is 1.04. The highest BCUT2D eigenvalue weighted by Crippen LogP contribution is 2.31. The molecule has 4 heteroatoms. The van der Waals surface area contributed by atoms with Gasteiger partial charge in [-0.2, -0.15) is 0 Å². The number of nitrogen functional groups attached to an aromatic ring is 1. The van der Waals surface area contributed by atoms with Crippen LogP contribution in [0.3, 0.4) is 0 Å². The van der Waals surface area contributed by atoms with Crippen molar-refractivity contribution in [2.24, 2.45) is 0 Å². The van der Waals surface area contributed by atoms with Crippen LogP contribution in [-0.4, -0.2) is 10.5 Å². The number of aromatic nitrogens is 1. The number of hydrogen-bond acceptors (Lipinski definition) is 4. The zero-order chi connectivity index (χ0) is 12.6. The molecule has 3 nitrogen and oxygen atoms in total. The van der Waals surface area contributed by atoms with Gasteiger partial charge in [0.1, 0.15) is 0 Å². The molecule has 0 saturated heterocycles. The minimum Gasteiger partial charge on any atom is -0.397 e. The van der Waals surface area contributed by atoms with Gasteiger partial charge in [0, 0.05) is 5.54 Å². The second-order valence-electron chi connectivity index (χ2n) is 5.00. The van der Waals surface area contributed by atoms with Crippen molar-refractivity contribution in [2.45, 2.75) is 39.7 Å². The van der Waals surface area contributed by atoms with E-state index in [0.717, 1.165) is 33.0 Å². The first-order chi connectivity index (χ1) is 7.91. The van der Waals surface area contributed by atoms with Crippen LogP contribution in [-0.2, 0) is 0 Å². The fraction of sp³-hybridized carbons (Fsp3) is 0.462. The fourth-order valence-electron chi connectivity index (χ4n) is 1.67. The highest BCUT2D eigenvalue weighted by molar-refractivity contribution is 7.18. The van der Waals surface area contributed by atoms with Gasteiger partial charge in [-0.25, -0.2) is 4.98 Å². The predicted octanol–water partition coefficient (Wildman–Crippen LogP) is 3.79. The summed E-state index contributed by atoms with van der Waals surface area (Å²) in [5.74, 6) is 0. The average molecular weight is 249 g/mol. The van der Waals surface area contributed by atoms with E-state index in [4.69, 9.17) is 5.73 Å². The minimum absolute atomic E-state index is 0.0485. The molecule has 0 saturated carbocycles. The lowest BCUT2D eigenvalue weighted by molar-refractivity contribution is 0.548. The summed E-state index contributed by atoms with van der Waals surface area (Å²) in [6.45, 7) is 8.52. The van der Waals surface area contributed by atoms with E-state index in [1.54, 1.807) is 11.3 Å². The standard InChI is InChI=1S/C13H19N3S/c1-5-13(3,4)16-10-7-11-12(6-9(10)14)17-8(2)15-11/h6-7,16H,5,14H2,1-4H3. The van der Waals surface area contributed by atoms with Gasteiger partial charge >= 0.3 is 0 Å². The molecule has 0 aliphatic heterocycles. The molecule has 0 unspecified atom stereocenters. The van der Waals surface area contributed by atoms with Gasteiger partial charge in [-0.1, -0.05) is 6.92 Å². The molecule has 0 aliphatic rings. The van der Waals surface area contributed by atoms with Gasteiger partial charge in [0.15, 0.2) is 0 Å². The molecule has 0 bridgehead atoms.